The van der Waals surface area contributed by atoms with Crippen LogP contribution in [0.1, 0.15) is 11.8 Å². The van der Waals surface area contributed by atoms with Gasteiger partial charge >= 0.3 is 5.69 Å². The van der Waals surface area contributed by atoms with E-state index in [1.54, 1.807) is 0 Å². The molecule has 4 N–H and O–H groups in total. The van der Waals surface area contributed by atoms with E-state index in [9.17, 15) is 19.8 Å². The fourth-order valence-electron chi connectivity index (χ4n) is 2.36. The third-order valence-electron chi connectivity index (χ3n) is 3.58. The number of hydrogen-bond donors (Lipinski definition) is 4. The average Bonchev–Trinajstić information content (AvgIpc) is 2.61. The Bertz CT molecular complexity index is 621. The molecule has 2 aliphatic rings. The summed E-state index contributed by atoms with van der Waals surface area (Å²) in [4.78, 5) is 30.2. The number of H-pyrrole nitrogens is 1. The normalized spacial score (nSPS) is 36.9. The molecule has 3 rings (SSSR count). The van der Waals surface area contributed by atoms with Crippen LogP contribution in [0.2, 0.25) is 0 Å². The lowest BCUT2D eigenvalue weighted by molar-refractivity contribution is -0.197. The van der Waals surface area contributed by atoms with Crippen LogP contribution >= 0.6 is 0 Å². The first-order chi connectivity index (χ1) is 9.49. The van der Waals surface area contributed by atoms with Crippen molar-refractivity contribution in [2.75, 3.05) is 6.54 Å². The Morgan fingerprint density at radius 3 is 2.65 bits per heavy atom. The summed E-state index contributed by atoms with van der Waals surface area (Å²) in [6.07, 6.45) is -3.36. The molecule has 9 heteroatoms. The molecule has 1 aromatic heterocycles. The average molecular weight is 285 g/mol. The molecule has 5 atom stereocenters. The van der Waals surface area contributed by atoms with Crippen LogP contribution in [-0.4, -0.2) is 50.7 Å². The highest BCUT2D eigenvalue weighted by Crippen LogP contribution is 2.31. The maximum Gasteiger partial charge on any atom is 0.330 e. The van der Waals surface area contributed by atoms with E-state index in [1.807, 2.05) is 0 Å². The summed E-state index contributed by atoms with van der Waals surface area (Å²) in [5.74, 6) is 0. The maximum absolute atomic E-state index is 11.8. The lowest BCUT2D eigenvalue weighted by Gasteiger charge is -2.32. The molecule has 0 radical (unpaired) electrons. The molecule has 0 saturated carbocycles. The topological polar surface area (TPSA) is 126 Å². The quantitative estimate of drug-likeness (QED) is 0.468. The molecular formula is C11H15N3O6. The number of aliphatic hydroxyl groups is 2. The second-order valence-corrected chi connectivity index (χ2v) is 4.96. The van der Waals surface area contributed by atoms with Crippen molar-refractivity contribution >= 4 is 0 Å². The van der Waals surface area contributed by atoms with Gasteiger partial charge in [-0.3, -0.25) is 19.2 Å². The second-order valence-electron chi connectivity index (χ2n) is 4.96. The van der Waals surface area contributed by atoms with Crippen LogP contribution in [0.5, 0.6) is 0 Å². The zero-order valence-corrected chi connectivity index (χ0v) is 10.6. The Kier molecular flexibility index (Phi) is 3.22. The monoisotopic (exact) mass is 285 g/mol. The van der Waals surface area contributed by atoms with Crippen LogP contribution in [0.4, 0.5) is 0 Å². The van der Waals surface area contributed by atoms with Crippen molar-refractivity contribution in [1.82, 2.24) is 15.0 Å². The Hall–Kier alpha value is -1.52. The maximum atomic E-state index is 11.8. The molecule has 1 unspecified atom stereocenters. The summed E-state index contributed by atoms with van der Waals surface area (Å²) in [6, 6.07) is 0. The van der Waals surface area contributed by atoms with Gasteiger partial charge in [0.2, 0.25) is 0 Å². The summed E-state index contributed by atoms with van der Waals surface area (Å²) in [6.45, 7) is 2.02. The first-order valence-corrected chi connectivity index (χ1v) is 6.21. The fourth-order valence-corrected chi connectivity index (χ4v) is 2.36. The number of rotatable bonds is 2. The molecule has 20 heavy (non-hydrogen) atoms. The molecule has 0 aliphatic carbocycles. The zero-order chi connectivity index (χ0) is 14.4. The summed E-state index contributed by atoms with van der Waals surface area (Å²) < 4.78 is 6.59. The molecule has 0 amide bonds. The number of hydrogen-bond acceptors (Lipinski definition) is 7. The molecule has 110 valence electrons. The van der Waals surface area contributed by atoms with Crippen LogP contribution in [0, 0.1) is 6.92 Å². The van der Waals surface area contributed by atoms with Crippen LogP contribution < -0.4 is 16.7 Å². The van der Waals surface area contributed by atoms with Gasteiger partial charge in [0.1, 0.15) is 24.4 Å². The molecule has 9 nitrogen and oxygen atoms in total. The molecule has 0 spiro atoms. The number of aliphatic hydroxyl groups excluding tert-OH is 2. The highest BCUT2D eigenvalue weighted by atomic mass is 16.7. The van der Waals surface area contributed by atoms with Gasteiger partial charge in [0.25, 0.3) is 5.56 Å². The second kappa shape index (κ2) is 4.79. The molecule has 1 aromatic rings. The molecule has 0 aromatic carbocycles. The minimum atomic E-state index is -1.28. The zero-order valence-electron chi connectivity index (χ0n) is 10.6. The molecule has 2 aliphatic heterocycles. The molecule has 0 bridgehead atoms. The number of aryl methyl sites for hydroxylation is 1. The van der Waals surface area contributed by atoms with Crippen molar-refractivity contribution in [3.8, 4) is 0 Å². The van der Waals surface area contributed by atoms with Crippen molar-refractivity contribution < 1.29 is 19.8 Å². The highest BCUT2D eigenvalue weighted by Gasteiger charge is 2.49. The molecular weight excluding hydrogens is 270 g/mol. The number of ether oxygens (including phenoxy) is 1. The lowest BCUT2D eigenvalue weighted by atomic mass is 10.0. The standard InChI is InChI=1S/C11H15N3O6/c1-4-3-14(11(18)13-9(4)17)10-7(16)6(15)8(19-10)5-2-12-20-5/h3,5-8,10,12,15-16H,2H2,1H3,(H,13,17,18)/t5?,6-,7+,8+,10+/m0/s1. The van der Waals surface area contributed by atoms with Crippen LogP contribution in [-0.2, 0) is 9.57 Å². The Morgan fingerprint density at radius 2 is 2.05 bits per heavy atom. The van der Waals surface area contributed by atoms with Gasteiger partial charge in [0.15, 0.2) is 6.23 Å². The predicted molar refractivity (Wildman–Crippen MR) is 64.9 cm³/mol. The van der Waals surface area contributed by atoms with E-state index in [2.05, 4.69) is 10.5 Å². The number of aromatic amines is 1. The minimum Gasteiger partial charge on any atom is -0.387 e. The third kappa shape index (κ3) is 2.00. The summed E-state index contributed by atoms with van der Waals surface area (Å²) >= 11 is 0. The van der Waals surface area contributed by atoms with Crippen molar-refractivity contribution in [2.45, 2.75) is 37.6 Å². The number of aromatic nitrogens is 2. The minimum absolute atomic E-state index is 0.305. The van der Waals surface area contributed by atoms with E-state index in [0.717, 1.165) is 4.57 Å². The predicted octanol–water partition coefficient (Wildman–Crippen LogP) is -2.63. The van der Waals surface area contributed by atoms with Crippen molar-refractivity contribution in [2.24, 2.45) is 0 Å². The largest absolute Gasteiger partial charge is 0.387 e. The smallest absolute Gasteiger partial charge is 0.330 e. The van der Waals surface area contributed by atoms with Crippen molar-refractivity contribution in [1.29, 1.82) is 0 Å². The van der Waals surface area contributed by atoms with E-state index < -0.39 is 35.8 Å². The Morgan fingerprint density at radius 1 is 1.35 bits per heavy atom. The van der Waals surface area contributed by atoms with Gasteiger partial charge in [-0.1, -0.05) is 0 Å². The Balaban J connectivity index is 1.92. The number of nitrogens with zero attached hydrogens (tertiary/aromatic N) is 1. The van der Waals surface area contributed by atoms with Crippen LogP contribution in [0.25, 0.3) is 0 Å². The van der Waals surface area contributed by atoms with E-state index in [0.29, 0.717) is 12.1 Å². The first-order valence-electron chi connectivity index (χ1n) is 6.21. The van der Waals surface area contributed by atoms with Gasteiger partial charge in [-0.15, -0.1) is 0 Å². The van der Waals surface area contributed by atoms with Crippen LogP contribution in [0.3, 0.4) is 0 Å². The third-order valence-corrected chi connectivity index (χ3v) is 3.58. The molecule has 2 saturated heterocycles. The van der Waals surface area contributed by atoms with Gasteiger partial charge in [0, 0.05) is 11.8 Å². The van der Waals surface area contributed by atoms with E-state index >= 15 is 0 Å². The van der Waals surface area contributed by atoms with Gasteiger partial charge in [-0.25, -0.2) is 4.79 Å². The molecule has 3 heterocycles. The fraction of sp³-hybridized carbons (Fsp3) is 0.636. The summed E-state index contributed by atoms with van der Waals surface area (Å²) in [5.41, 5.74) is 1.67. The molecule has 2 fully saturated rings. The summed E-state index contributed by atoms with van der Waals surface area (Å²) in [7, 11) is 0. The SMILES string of the molecule is Cc1cn([C@@H]2O[C@H](C3CNO3)[C@@H](O)[C@H]2O)c(=O)[nH]c1=O. The van der Waals surface area contributed by atoms with E-state index in [-0.39, 0.29) is 6.10 Å². The number of nitrogens with one attached hydrogen (secondary N) is 2. The van der Waals surface area contributed by atoms with Crippen molar-refractivity contribution in [3.05, 3.63) is 32.6 Å². The Labute approximate surface area is 112 Å². The first kappa shape index (κ1) is 13.5. The van der Waals surface area contributed by atoms with E-state index in [1.165, 1.54) is 13.1 Å². The van der Waals surface area contributed by atoms with E-state index in [4.69, 9.17) is 9.57 Å². The van der Waals surface area contributed by atoms with Gasteiger partial charge in [-0.05, 0) is 6.92 Å². The van der Waals surface area contributed by atoms with Gasteiger partial charge < -0.3 is 14.9 Å². The highest BCUT2D eigenvalue weighted by molar-refractivity contribution is 5.03. The summed E-state index contributed by atoms with van der Waals surface area (Å²) in [5, 5.41) is 20.0. The van der Waals surface area contributed by atoms with Crippen molar-refractivity contribution in [3.63, 3.8) is 0 Å². The van der Waals surface area contributed by atoms with Crippen LogP contribution in [0.15, 0.2) is 15.8 Å². The lowest BCUT2D eigenvalue weighted by Crippen LogP contribution is -2.55. The number of hydroxylamine groups is 1. The van der Waals surface area contributed by atoms with Gasteiger partial charge in [-0.2, -0.15) is 5.48 Å². The van der Waals surface area contributed by atoms with Gasteiger partial charge in [0.05, 0.1) is 6.54 Å².